The van der Waals surface area contributed by atoms with Crippen LogP contribution in [0.15, 0.2) is 0 Å². The maximum absolute atomic E-state index is 5.66. The van der Waals surface area contributed by atoms with Crippen LogP contribution in [0.4, 0.5) is 0 Å². The van der Waals surface area contributed by atoms with E-state index in [1.807, 2.05) is 0 Å². The van der Waals surface area contributed by atoms with Crippen molar-refractivity contribution >= 4 is 10.2 Å². The van der Waals surface area contributed by atoms with Gasteiger partial charge in [-0.2, -0.15) is 0 Å². The van der Waals surface area contributed by atoms with E-state index in [2.05, 4.69) is 5.32 Å². The molecule has 0 aliphatic carbocycles. The summed E-state index contributed by atoms with van der Waals surface area (Å²) in [6.07, 6.45) is 3.68. The van der Waals surface area contributed by atoms with Gasteiger partial charge in [-0.05, 0) is 19.3 Å². The number of rotatable bonds is 3. The normalized spacial score (nSPS) is 32.5. The largest absolute Gasteiger partial charge is 0.365 e. The summed E-state index contributed by atoms with van der Waals surface area (Å²) in [5, 5.41) is 3.40. The molecule has 1 fully saturated rings. The van der Waals surface area contributed by atoms with Gasteiger partial charge in [-0.3, -0.25) is 5.32 Å². The van der Waals surface area contributed by atoms with Gasteiger partial charge in [-0.25, -0.2) is 0 Å². The topological polar surface area (TPSA) is 47.3 Å². The van der Waals surface area contributed by atoms with Crippen molar-refractivity contribution in [3.63, 3.8) is 0 Å². The Labute approximate surface area is 71.1 Å². The van der Waals surface area contributed by atoms with Gasteiger partial charge in [0.2, 0.25) is 0 Å². The molecule has 0 aromatic rings. The molecule has 1 unspecified atom stereocenters. The van der Waals surface area contributed by atoms with E-state index >= 15 is 0 Å². The fourth-order valence-corrected chi connectivity index (χ4v) is 2.22. The standard InChI is InChI=1S/C7H18N2OSi/c8-4-5-9-7(11)3-1-2-6-10-7/h9H,1-6,8H2,11H3. The number of hydrogen-bond donors (Lipinski definition) is 2. The first-order valence-corrected chi connectivity index (χ1v) is 5.36. The van der Waals surface area contributed by atoms with Crippen molar-refractivity contribution in [2.75, 3.05) is 19.7 Å². The zero-order valence-corrected chi connectivity index (χ0v) is 9.23. The molecule has 1 heterocycles. The molecule has 0 aromatic carbocycles. The molecule has 0 saturated carbocycles. The van der Waals surface area contributed by atoms with Crippen LogP contribution in [-0.2, 0) is 4.74 Å². The second-order valence-corrected chi connectivity index (χ2v) is 4.87. The minimum Gasteiger partial charge on any atom is -0.365 e. The van der Waals surface area contributed by atoms with E-state index in [4.69, 9.17) is 10.5 Å². The summed E-state index contributed by atoms with van der Waals surface area (Å²) >= 11 is 0. The highest BCUT2D eigenvalue weighted by Gasteiger charge is 2.25. The van der Waals surface area contributed by atoms with Crippen LogP contribution in [0.25, 0.3) is 0 Å². The molecular formula is C7H18N2OSi. The number of hydrogen-bond acceptors (Lipinski definition) is 3. The van der Waals surface area contributed by atoms with Gasteiger partial charge in [0.15, 0.2) is 0 Å². The average Bonchev–Trinajstić information content (AvgIpc) is 2.03. The van der Waals surface area contributed by atoms with Crippen molar-refractivity contribution in [2.45, 2.75) is 24.6 Å². The molecule has 0 amide bonds. The van der Waals surface area contributed by atoms with E-state index < -0.39 is 0 Å². The molecule has 1 aliphatic heterocycles. The summed E-state index contributed by atoms with van der Waals surface area (Å²) in [6, 6.07) is 0. The third-order valence-electron chi connectivity index (χ3n) is 2.11. The summed E-state index contributed by atoms with van der Waals surface area (Å²) in [7, 11) is 1.06. The van der Waals surface area contributed by atoms with Crippen molar-refractivity contribution in [3.8, 4) is 0 Å². The van der Waals surface area contributed by atoms with Crippen LogP contribution in [0.1, 0.15) is 19.3 Å². The Bertz CT molecular complexity index is 115. The van der Waals surface area contributed by atoms with E-state index in [0.717, 1.165) is 23.4 Å². The molecule has 11 heavy (non-hydrogen) atoms. The maximum atomic E-state index is 5.66. The molecule has 0 radical (unpaired) electrons. The molecule has 1 aliphatic rings. The molecule has 0 spiro atoms. The highest BCUT2D eigenvalue weighted by molar-refractivity contribution is 6.14. The Hall–Kier alpha value is 0.0969. The lowest BCUT2D eigenvalue weighted by Gasteiger charge is -2.35. The van der Waals surface area contributed by atoms with Crippen molar-refractivity contribution in [2.24, 2.45) is 5.73 Å². The predicted molar refractivity (Wildman–Crippen MR) is 49.5 cm³/mol. The van der Waals surface area contributed by atoms with Gasteiger partial charge in [0.25, 0.3) is 0 Å². The summed E-state index contributed by atoms with van der Waals surface area (Å²) in [4.78, 5) is 0. The smallest absolute Gasteiger partial charge is 0.0946 e. The van der Waals surface area contributed by atoms with Crippen LogP contribution in [0.3, 0.4) is 0 Å². The zero-order chi connectivity index (χ0) is 8.16. The lowest BCUT2D eigenvalue weighted by Crippen LogP contribution is -2.51. The predicted octanol–water partition coefficient (Wildman–Crippen LogP) is -1.25. The molecule has 0 aromatic heterocycles. The summed E-state index contributed by atoms with van der Waals surface area (Å²) in [6.45, 7) is 2.50. The minimum absolute atomic E-state index is 0.0393. The van der Waals surface area contributed by atoms with Crippen LogP contribution in [-0.4, -0.2) is 35.3 Å². The molecule has 3 nitrogen and oxygen atoms in total. The first kappa shape index (κ1) is 9.19. The minimum atomic E-state index is 0.0393. The molecule has 1 atom stereocenters. The molecule has 1 rings (SSSR count). The molecule has 0 bridgehead atoms. The van der Waals surface area contributed by atoms with Gasteiger partial charge in [-0.1, -0.05) is 0 Å². The number of nitrogens with two attached hydrogens (primary N) is 1. The SMILES string of the molecule is NCCNC1([SiH3])CCCCO1. The average molecular weight is 174 g/mol. The maximum Gasteiger partial charge on any atom is 0.0946 e. The Morgan fingerprint density at radius 2 is 2.36 bits per heavy atom. The summed E-state index contributed by atoms with van der Waals surface area (Å²) in [5.41, 5.74) is 5.40. The van der Waals surface area contributed by atoms with Gasteiger partial charge in [-0.15, -0.1) is 0 Å². The first-order valence-electron chi connectivity index (χ1n) is 4.36. The fourth-order valence-electron chi connectivity index (χ4n) is 1.41. The van der Waals surface area contributed by atoms with Crippen LogP contribution < -0.4 is 11.1 Å². The van der Waals surface area contributed by atoms with Crippen LogP contribution in [0, 0.1) is 0 Å². The summed E-state index contributed by atoms with van der Waals surface area (Å²) < 4.78 is 5.66. The lowest BCUT2D eigenvalue weighted by molar-refractivity contribution is -0.0391. The van der Waals surface area contributed by atoms with Gasteiger partial charge in [0.1, 0.15) is 0 Å². The highest BCUT2D eigenvalue weighted by atomic mass is 28.1. The van der Waals surface area contributed by atoms with Gasteiger partial charge in [0, 0.05) is 19.7 Å². The highest BCUT2D eigenvalue weighted by Crippen LogP contribution is 2.18. The third-order valence-corrected chi connectivity index (χ3v) is 3.25. The number of ether oxygens (including phenoxy) is 1. The van der Waals surface area contributed by atoms with Crippen LogP contribution in [0.5, 0.6) is 0 Å². The van der Waals surface area contributed by atoms with E-state index in [-0.39, 0.29) is 5.35 Å². The van der Waals surface area contributed by atoms with E-state index in [9.17, 15) is 0 Å². The molecule has 66 valence electrons. The summed E-state index contributed by atoms with van der Waals surface area (Å²) in [5.74, 6) is 0. The van der Waals surface area contributed by atoms with Gasteiger partial charge < -0.3 is 10.5 Å². The van der Waals surface area contributed by atoms with Crippen LogP contribution >= 0.6 is 0 Å². The second-order valence-electron chi connectivity index (χ2n) is 3.25. The second kappa shape index (κ2) is 4.20. The lowest BCUT2D eigenvalue weighted by atomic mass is 10.2. The molecule has 4 heteroatoms. The molecular weight excluding hydrogens is 156 g/mol. The van der Waals surface area contributed by atoms with Crippen LogP contribution in [0.2, 0.25) is 0 Å². The fraction of sp³-hybridized carbons (Fsp3) is 1.00. The Morgan fingerprint density at radius 3 is 2.91 bits per heavy atom. The van der Waals surface area contributed by atoms with Crippen molar-refractivity contribution in [1.82, 2.24) is 5.32 Å². The van der Waals surface area contributed by atoms with Crippen molar-refractivity contribution < 1.29 is 4.74 Å². The quantitative estimate of drug-likeness (QED) is 0.526. The Morgan fingerprint density at radius 1 is 1.55 bits per heavy atom. The first-order chi connectivity index (χ1) is 5.27. The number of nitrogens with one attached hydrogen (secondary N) is 1. The zero-order valence-electron chi connectivity index (χ0n) is 7.23. The molecule has 3 N–H and O–H groups in total. The van der Waals surface area contributed by atoms with E-state index in [1.165, 1.54) is 19.3 Å². The van der Waals surface area contributed by atoms with Gasteiger partial charge >= 0.3 is 0 Å². The van der Waals surface area contributed by atoms with Gasteiger partial charge in [0.05, 0.1) is 15.6 Å². The van der Waals surface area contributed by atoms with E-state index in [1.54, 1.807) is 0 Å². The Kier molecular flexibility index (Phi) is 3.51. The van der Waals surface area contributed by atoms with E-state index in [0.29, 0.717) is 6.54 Å². The third kappa shape index (κ3) is 2.90. The molecule has 1 saturated heterocycles. The Balaban J connectivity index is 2.25. The van der Waals surface area contributed by atoms with Crippen molar-refractivity contribution in [3.05, 3.63) is 0 Å². The monoisotopic (exact) mass is 174 g/mol. The van der Waals surface area contributed by atoms with Crippen molar-refractivity contribution in [1.29, 1.82) is 0 Å².